The zero-order valence-corrected chi connectivity index (χ0v) is 29.7. The molecular weight excluding hydrogens is 745 g/mol. The minimum Gasteiger partial charge on any atom is -0.207 e. The molecule has 0 spiro atoms. The summed E-state index contributed by atoms with van der Waals surface area (Å²) < 4.78 is 83.8. The molecule has 0 heterocycles. The average molecular weight is 769 g/mol. The van der Waals surface area contributed by atoms with Crippen LogP contribution in [-0.2, 0) is 35.4 Å². The molecule has 3 aromatic carbocycles. The lowest BCUT2D eigenvalue weighted by atomic mass is 10.2. The second-order valence-corrected chi connectivity index (χ2v) is 19.9. The Bertz CT molecular complexity index is 1800. The van der Waals surface area contributed by atoms with Crippen LogP contribution < -0.4 is 0 Å². The fourth-order valence-corrected chi connectivity index (χ4v) is 6.37. The van der Waals surface area contributed by atoms with E-state index < -0.39 is 35.4 Å². The van der Waals surface area contributed by atoms with Gasteiger partial charge in [0.05, 0.1) is 14.7 Å². The molecule has 0 amide bonds. The quantitative estimate of drug-likeness (QED) is 0.247. The van der Waals surface area contributed by atoms with E-state index in [1.54, 1.807) is 45.0 Å². The molecule has 0 radical (unpaired) electrons. The molecule has 41 heavy (non-hydrogen) atoms. The fraction of sp³-hybridized carbons (Fsp3) is 0.217. The van der Waals surface area contributed by atoms with Gasteiger partial charge in [-0.25, -0.2) is 25.3 Å². The van der Waals surface area contributed by atoms with E-state index in [0.29, 0.717) is 21.7 Å². The molecule has 0 saturated carbocycles. The maximum absolute atomic E-state index is 11.0. The van der Waals surface area contributed by atoms with E-state index in [0.717, 1.165) is 11.1 Å². The van der Waals surface area contributed by atoms with Crippen molar-refractivity contribution in [2.24, 2.45) is 0 Å². The van der Waals surface area contributed by atoms with Crippen molar-refractivity contribution in [1.82, 2.24) is 0 Å². The molecule has 0 bridgehead atoms. The van der Waals surface area contributed by atoms with Crippen molar-refractivity contribution in [3.05, 3.63) is 87.4 Å². The monoisotopic (exact) mass is 766 g/mol. The number of benzene rings is 3. The van der Waals surface area contributed by atoms with Gasteiger partial charge in [0.2, 0.25) is 0 Å². The highest BCUT2D eigenvalue weighted by Crippen LogP contribution is 2.26. The second-order valence-electron chi connectivity index (χ2n) is 8.14. The van der Waals surface area contributed by atoms with Gasteiger partial charge in [-0.3, -0.25) is 0 Å². The van der Waals surface area contributed by atoms with Crippen LogP contribution in [0.5, 0.6) is 0 Å². The largest absolute Gasteiger partial charge is 0.317 e. The van der Waals surface area contributed by atoms with Crippen LogP contribution in [0.1, 0.15) is 27.8 Å². The molecule has 0 fully saturated rings. The number of hydrogen-bond donors (Lipinski definition) is 0. The molecule has 0 aliphatic rings. The summed E-state index contributed by atoms with van der Waals surface area (Å²) in [5.74, 6) is 0. The van der Waals surface area contributed by atoms with Crippen LogP contribution in [0.2, 0.25) is 5.02 Å². The van der Waals surface area contributed by atoms with Gasteiger partial charge in [-0.15, -0.1) is 0 Å². The number of aryl methyl sites for hydroxylation is 5. The van der Waals surface area contributed by atoms with Gasteiger partial charge in [-0.1, -0.05) is 35.9 Å². The van der Waals surface area contributed by atoms with Crippen molar-refractivity contribution in [2.75, 3.05) is 0 Å². The average Bonchev–Trinajstić information content (AvgIpc) is 2.76. The van der Waals surface area contributed by atoms with Crippen molar-refractivity contribution in [1.29, 1.82) is 0 Å². The Hall–Kier alpha value is -0.800. The lowest BCUT2D eigenvalue weighted by Crippen LogP contribution is -1.95. The molecule has 0 aliphatic carbocycles. The predicted octanol–water partition coefficient (Wildman–Crippen LogP) is 7.75. The summed E-state index contributed by atoms with van der Waals surface area (Å²) in [6.07, 6.45) is 0. The topological polar surface area (TPSA) is 137 Å². The van der Waals surface area contributed by atoms with Crippen LogP contribution in [0.15, 0.2) is 69.3 Å². The van der Waals surface area contributed by atoms with E-state index in [4.69, 9.17) is 52.1 Å². The van der Waals surface area contributed by atoms with Crippen molar-refractivity contribution in [2.45, 2.75) is 49.3 Å². The summed E-state index contributed by atoms with van der Waals surface area (Å²) in [6.45, 7) is 8.74. The molecule has 3 rings (SSSR count). The number of rotatable bonds is 3. The first-order valence-electron chi connectivity index (χ1n) is 10.6. The van der Waals surface area contributed by atoms with Gasteiger partial charge < -0.3 is 0 Å². The third-order valence-electron chi connectivity index (χ3n) is 4.60. The third kappa shape index (κ3) is 17.2. The van der Waals surface area contributed by atoms with Crippen LogP contribution in [0.25, 0.3) is 0 Å². The summed E-state index contributed by atoms with van der Waals surface area (Å²) in [6, 6.07) is 14.7. The van der Waals surface area contributed by atoms with E-state index in [1.165, 1.54) is 18.2 Å². The normalized spacial score (nSPS) is 11.6. The van der Waals surface area contributed by atoms with Gasteiger partial charge in [0.1, 0.15) is 0 Å². The van der Waals surface area contributed by atoms with Crippen LogP contribution in [-0.4, -0.2) is 33.7 Å². The van der Waals surface area contributed by atoms with Gasteiger partial charge in [-0.05, 0) is 92.8 Å². The lowest BCUT2D eigenvalue weighted by Gasteiger charge is -2.04. The maximum atomic E-state index is 11.0. The first-order chi connectivity index (χ1) is 18.2. The smallest absolute Gasteiger partial charge is 0.207 e. The minimum atomic E-state index is -3.72. The van der Waals surface area contributed by atoms with Gasteiger partial charge in [-0.2, -0.15) is 8.42 Å². The van der Waals surface area contributed by atoms with Gasteiger partial charge in [0.15, 0.2) is 0 Å². The van der Waals surface area contributed by atoms with E-state index in [9.17, 15) is 25.3 Å². The highest BCUT2D eigenvalue weighted by molar-refractivity contribution is 8.31. The zero-order chi connectivity index (χ0) is 32.6. The molecule has 0 aliphatic heterocycles. The molecule has 0 N–H and O–H groups in total. The molecule has 8 nitrogen and oxygen atoms in total. The van der Waals surface area contributed by atoms with E-state index in [-0.39, 0.29) is 14.7 Å². The summed E-state index contributed by atoms with van der Waals surface area (Å²) in [5, 5.41) is 0.543. The summed E-state index contributed by atoms with van der Waals surface area (Å²) in [5.41, 5.74) is 3.71. The van der Waals surface area contributed by atoms with Gasteiger partial charge in [0, 0.05) is 58.4 Å². The van der Waals surface area contributed by atoms with Crippen LogP contribution >= 0.6 is 65.0 Å². The first-order valence-corrected chi connectivity index (χ1v) is 21.1. The highest BCUT2D eigenvalue weighted by Gasteiger charge is 2.15. The van der Waals surface area contributed by atoms with E-state index in [1.807, 2.05) is 26.0 Å². The van der Waals surface area contributed by atoms with Gasteiger partial charge >= 0.3 is 8.26 Å². The van der Waals surface area contributed by atoms with Crippen LogP contribution in [0, 0.1) is 34.6 Å². The summed E-state index contributed by atoms with van der Waals surface area (Å²) >= 11 is 5.80. The second kappa shape index (κ2) is 16.3. The van der Waals surface area contributed by atoms with E-state index in [2.05, 4.69) is 21.4 Å². The maximum Gasteiger partial charge on any atom is 0.317 e. The first kappa shape index (κ1) is 40.2. The molecular formula is C23H24Cl6O8S4. The Morgan fingerprint density at radius 3 is 1.29 bits per heavy atom. The predicted molar refractivity (Wildman–Crippen MR) is 168 cm³/mol. The molecule has 0 aromatic heterocycles. The Morgan fingerprint density at radius 2 is 0.927 bits per heavy atom. The number of halogens is 6. The summed E-state index contributed by atoms with van der Waals surface area (Å²) in [4.78, 5) is 0.472. The third-order valence-corrected chi connectivity index (χ3v) is 9.28. The molecule has 0 saturated heterocycles. The minimum absolute atomic E-state index is 0.121. The van der Waals surface area contributed by atoms with Crippen molar-refractivity contribution in [3.63, 3.8) is 0 Å². The Balaban J connectivity index is 0.000000542. The van der Waals surface area contributed by atoms with Crippen LogP contribution in [0.3, 0.4) is 0 Å². The van der Waals surface area contributed by atoms with Crippen molar-refractivity contribution in [3.8, 4) is 0 Å². The van der Waals surface area contributed by atoms with E-state index >= 15 is 0 Å². The SMILES string of the molecule is Cc1cc(S(=O)(=O)Cl)c(C)cc1Cl.Cc1ccc(C)c(S(=O)(=O)Cl)c1.Cc1cccc(S(=O)(=O)Cl)c1.O=S(=O)(Cl)Cl. The van der Waals surface area contributed by atoms with Crippen molar-refractivity contribution < 1.29 is 33.7 Å². The van der Waals surface area contributed by atoms with Crippen molar-refractivity contribution >= 4 is 100 Å². The Labute approximate surface area is 268 Å². The molecule has 230 valence electrons. The summed E-state index contributed by atoms with van der Waals surface area (Å²) in [7, 11) is 9.55. The standard InChI is InChI=1S/C8H8Cl2O2S.C8H9ClO2S.C7H7ClO2S.Cl2O2S/c1-5-4-8(13(10,11)12)6(2)3-7(5)9;1-6-3-4-7(2)8(5-6)12(9,10)11;1-6-3-2-4-7(5-6)11(8,9)10;1-5(2,3)4/h3-4H,1-2H3;3-5H,1-2H3;2-5H,1H3;. The molecule has 18 heteroatoms. The van der Waals surface area contributed by atoms with Crippen LogP contribution in [0.4, 0.5) is 0 Å². The molecule has 3 aromatic rings. The molecule has 0 atom stereocenters. The highest BCUT2D eigenvalue weighted by atomic mass is 36.0. The lowest BCUT2D eigenvalue weighted by molar-refractivity contribution is 0.607. The number of hydrogen-bond acceptors (Lipinski definition) is 8. The Morgan fingerprint density at radius 1 is 0.488 bits per heavy atom. The van der Waals surface area contributed by atoms with Gasteiger partial charge in [0.25, 0.3) is 27.2 Å². The fourth-order valence-electron chi connectivity index (χ4n) is 2.75. The molecule has 0 unspecified atom stereocenters. The zero-order valence-electron chi connectivity index (χ0n) is 21.9. The Kier molecular flexibility index (Phi) is 16.0.